The van der Waals surface area contributed by atoms with Crippen molar-refractivity contribution >= 4 is 27.5 Å². The average molecular weight is 372 g/mol. The summed E-state index contributed by atoms with van der Waals surface area (Å²) in [6.07, 6.45) is 1.43. The molecule has 0 bridgehead atoms. The summed E-state index contributed by atoms with van der Waals surface area (Å²) in [6, 6.07) is 5.51. The Morgan fingerprint density at radius 3 is 2.32 bits per heavy atom. The third-order valence-electron chi connectivity index (χ3n) is 3.83. The zero-order chi connectivity index (χ0) is 18.8. The smallest absolute Gasteiger partial charge is 0.247 e. The van der Waals surface area contributed by atoms with Gasteiger partial charge >= 0.3 is 0 Å². The molecular formula is C17H29N3O4S. The normalized spacial score (nSPS) is 18.2. The summed E-state index contributed by atoms with van der Waals surface area (Å²) in [5, 5.41) is 2.75. The van der Waals surface area contributed by atoms with Crippen LogP contribution in [0.2, 0.25) is 0 Å². The number of benzene rings is 1. The lowest BCUT2D eigenvalue weighted by Crippen LogP contribution is -2.42. The second kappa shape index (κ2) is 7.13. The summed E-state index contributed by atoms with van der Waals surface area (Å²) < 4.78 is 27.1. The van der Waals surface area contributed by atoms with Gasteiger partial charge in [-0.1, -0.05) is 0 Å². The number of nitrogens with one attached hydrogen (secondary N) is 2. The van der Waals surface area contributed by atoms with Gasteiger partial charge in [-0.25, -0.2) is 13.1 Å². The molecule has 2 rings (SSSR count). The van der Waals surface area contributed by atoms with Gasteiger partial charge in [-0.2, -0.15) is 0 Å². The third-order valence-corrected chi connectivity index (χ3v) is 5.61. The number of hydrogen-bond donors (Lipinski definition) is 2. The van der Waals surface area contributed by atoms with Crippen molar-refractivity contribution in [3.63, 3.8) is 0 Å². The number of nitrogens with zero attached hydrogens (tertiary/aromatic N) is 1. The number of carbonyl (C=O) groups is 2. The molecule has 1 aromatic carbocycles. The summed E-state index contributed by atoms with van der Waals surface area (Å²) in [7, 11) is -3.61. The molecule has 0 saturated carbocycles. The maximum Gasteiger partial charge on any atom is 0.247 e. The minimum Gasteiger partial charge on any atom is -0.331 e. The summed E-state index contributed by atoms with van der Waals surface area (Å²) >= 11 is 0. The molecule has 25 heavy (non-hydrogen) atoms. The predicted octanol–water partition coefficient (Wildman–Crippen LogP) is 2.20. The van der Waals surface area contributed by atoms with Gasteiger partial charge < -0.3 is 10.2 Å². The Kier molecular flexibility index (Phi) is 5.53. The zero-order valence-electron chi connectivity index (χ0n) is 15.0. The lowest BCUT2D eigenvalue weighted by Gasteiger charge is -2.22. The number of amides is 2. The largest absolute Gasteiger partial charge is 0.331 e. The van der Waals surface area contributed by atoms with Crippen LogP contribution in [0.15, 0.2) is 29.2 Å². The molecule has 1 fully saturated rings. The fourth-order valence-corrected chi connectivity index (χ4v) is 4.24. The van der Waals surface area contributed by atoms with Crippen molar-refractivity contribution < 1.29 is 20.9 Å². The zero-order valence-corrected chi connectivity index (χ0v) is 15.8. The van der Waals surface area contributed by atoms with E-state index >= 15 is 0 Å². The van der Waals surface area contributed by atoms with E-state index in [0.717, 1.165) is 6.42 Å². The Bertz CT molecular complexity index is 761. The van der Waals surface area contributed by atoms with E-state index in [9.17, 15) is 18.0 Å². The first-order valence-electron chi connectivity index (χ1n) is 8.22. The molecule has 0 aliphatic carbocycles. The van der Waals surface area contributed by atoms with Crippen molar-refractivity contribution in [3.05, 3.63) is 24.3 Å². The van der Waals surface area contributed by atoms with Crippen LogP contribution < -0.4 is 10.0 Å². The predicted molar refractivity (Wildman–Crippen MR) is 99.8 cm³/mol. The molecule has 142 valence electrons. The highest BCUT2D eigenvalue weighted by molar-refractivity contribution is 7.89. The van der Waals surface area contributed by atoms with Crippen LogP contribution in [0, 0.1) is 0 Å². The molecule has 1 heterocycles. The highest BCUT2D eigenvalue weighted by Gasteiger charge is 2.32. The molecule has 0 aromatic heterocycles. The second-order valence-electron chi connectivity index (χ2n) is 7.24. The van der Waals surface area contributed by atoms with Gasteiger partial charge in [0.1, 0.15) is 6.04 Å². The number of hydrogen-bond acceptors (Lipinski definition) is 4. The molecule has 7 nitrogen and oxygen atoms in total. The summed E-state index contributed by atoms with van der Waals surface area (Å²) in [4.78, 5) is 25.6. The van der Waals surface area contributed by atoms with Crippen LogP contribution >= 0.6 is 0 Å². The van der Waals surface area contributed by atoms with Crippen molar-refractivity contribution in [3.8, 4) is 0 Å². The Labute approximate surface area is 151 Å². The van der Waals surface area contributed by atoms with Gasteiger partial charge in [0.25, 0.3) is 0 Å². The van der Waals surface area contributed by atoms with Crippen LogP contribution in [0.1, 0.15) is 43.4 Å². The van der Waals surface area contributed by atoms with E-state index in [0.29, 0.717) is 18.7 Å². The van der Waals surface area contributed by atoms with Crippen LogP contribution in [0.3, 0.4) is 0 Å². The van der Waals surface area contributed by atoms with Gasteiger partial charge in [0, 0.05) is 27.5 Å². The Morgan fingerprint density at radius 1 is 1.20 bits per heavy atom. The number of likely N-dealkylation sites (tertiary alicyclic amines) is 1. The Hall–Kier alpha value is -1.93. The molecule has 0 radical (unpaired) electrons. The van der Waals surface area contributed by atoms with Gasteiger partial charge in [-0.3, -0.25) is 9.59 Å². The second-order valence-corrected chi connectivity index (χ2v) is 8.92. The topological polar surface area (TPSA) is 95.6 Å². The molecule has 8 heteroatoms. The minimum absolute atomic E-state index is 0. The van der Waals surface area contributed by atoms with E-state index in [-0.39, 0.29) is 19.6 Å². The molecule has 0 spiro atoms. The van der Waals surface area contributed by atoms with E-state index < -0.39 is 21.6 Å². The quantitative estimate of drug-likeness (QED) is 0.848. The average Bonchev–Trinajstić information content (AvgIpc) is 2.95. The van der Waals surface area contributed by atoms with Crippen molar-refractivity contribution in [2.24, 2.45) is 0 Å². The Morgan fingerprint density at radius 2 is 1.80 bits per heavy atom. The highest BCUT2D eigenvalue weighted by atomic mass is 32.2. The Balaban J connectivity index is 0.00000338. The molecule has 2 amide bonds. The molecule has 1 aromatic rings. The first kappa shape index (κ1) is 19.4. The standard InChI is InChI=1S/C17H25N3O4S.2H2/c1-12(21)20-11-5-6-15(20)16(22)18-13-7-9-14(10-8-13)25(23,24)19-17(2,3)4;;/h7-10,15,19H,5-6,11H2,1-4H3,(H,18,22);2*1H/t15-;;/m0../s1. The molecule has 1 atom stereocenters. The number of rotatable bonds is 4. The van der Waals surface area contributed by atoms with Gasteiger partial charge in [-0.15, -0.1) is 0 Å². The van der Waals surface area contributed by atoms with Crippen molar-refractivity contribution in [1.29, 1.82) is 0 Å². The van der Waals surface area contributed by atoms with Crippen LogP contribution in [0.5, 0.6) is 0 Å². The maximum absolute atomic E-state index is 12.4. The monoisotopic (exact) mass is 371 g/mol. The van der Waals surface area contributed by atoms with Gasteiger partial charge in [0.05, 0.1) is 4.90 Å². The molecule has 1 saturated heterocycles. The van der Waals surface area contributed by atoms with E-state index in [1.807, 2.05) is 0 Å². The maximum atomic E-state index is 12.4. The van der Waals surface area contributed by atoms with Gasteiger partial charge in [0.2, 0.25) is 21.8 Å². The van der Waals surface area contributed by atoms with Gasteiger partial charge in [-0.05, 0) is 57.9 Å². The number of anilines is 1. The lowest BCUT2D eigenvalue weighted by atomic mass is 10.1. The molecule has 2 N–H and O–H groups in total. The number of carbonyl (C=O) groups excluding carboxylic acids is 2. The number of sulfonamides is 1. The highest BCUT2D eigenvalue weighted by Crippen LogP contribution is 2.20. The SMILES string of the molecule is CC(=O)N1CCC[C@H]1C(=O)Nc1ccc(S(=O)(=O)NC(C)(C)C)cc1.[HH].[HH]. The molecule has 0 unspecified atom stereocenters. The van der Waals surface area contributed by atoms with E-state index in [2.05, 4.69) is 10.0 Å². The van der Waals surface area contributed by atoms with Crippen LogP contribution in [0.4, 0.5) is 5.69 Å². The minimum atomic E-state index is -3.61. The molecular weight excluding hydrogens is 342 g/mol. The lowest BCUT2D eigenvalue weighted by molar-refractivity contribution is -0.134. The van der Waals surface area contributed by atoms with E-state index in [4.69, 9.17) is 0 Å². The van der Waals surface area contributed by atoms with E-state index in [1.54, 1.807) is 37.8 Å². The fraction of sp³-hybridized carbons (Fsp3) is 0.529. The third kappa shape index (κ3) is 5.02. The van der Waals surface area contributed by atoms with Crippen LogP contribution in [-0.2, 0) is 19.6 Å². The fourth-order valence-electron chi connectivity index (χ4n) is 2.82. The van der Waals surface area contributed by atoms with Crippen LogP contribution in [-0.4, -0.2) is 43.3 Å². The summed E-state index contributed by atoms with van der Waals surface area (Å²) in [5.74, 6) is -0.372. The first-order chi connectivity index (χ1) is 11.5. The molecule has 1 aliphatic heterocycles. The molecule has 1 aliphatic rings. The van der Waals surface area contributed by atoms with Crippen molar-refractivity contribution in [2.45, 2.75) is 57.0 Å². The summed E-state index contributed by atoms with van der Waals surface area (Å²) in [5.41, 5.74) is -0.0836. The summed E-state index contributed by atoms with van der Waals surface area (Å²) in [6.45, 7) is 7.33. The van der Waals surface area contributed by atoms with E-state index in [1.165, 1.54) is 19.1 Å². The van der Waals surface area contributed by atoms with Crippen molar-refractivity contribution in [2.75, 3.05) is 11.9 Å². The van der Waals surface area contributed by atoms with Crippen LogP contribution in [0.25, 0.3) is 0 Å². The van der Waals surface area contributed by atoms with Crippen molar-refractivity contribution in [1.82, 2.24) is 9.62 Å². The first-order valence-corrected chi connectivity index (χ1v) is 9.70. The van der Waals surface area contributed by atoms with Gasteiger partial charge in [0.15, 0.2) is 0 Å².